The Hall–Kier alpha value is -1.05. The van der Waals surface area contributed by atoms with E-state index in [0.29, 0.717) is 5.25 Å². The molecule has 0 spiro atoms. The maximum atomic E-state index is 12.1. The Morgan fingerprint density at radius 2 is 1.92 bits per heavy atom. The van der Waals surface area contributed by atoms with Crippen LogP contribution in [0.5, 0.6) is 0 Å². The third-order valence-corrected chi connectivity index (χ3v) is 7.13. The quantitative estimate of drug-likeness (QED) is 0.838. The monoisotopic (exact) mass is 381 g/mol. The molecule has 2 amide bonds. The lowest BCUT2D eigenvalue weighted by atomic mass is 10.2. The van der Waals surface area contributed by atoms with Gasteiger partial charge in [-0.05, 0) is 38.1 Å². The first-order valence-corrected chi connectivity index (χ1v) is 11.0. The van der Waals surface area contributed by atoms with Gasteiger partial charge in [-0.1, -0.05) is 0 Å². The van der Waals surface area contributed by atoms with Crippen molar-refractivity contribution in [3.63, 3.8) is 0 Å². The summed E-state index contributed by atoms with van der Waals surface area (Å²) in [6.07, 6.45) is 0.478. The van der Waals surface area contributed by atoms with Crippen molar-refractivity contribution in [3.8, 4) is 0 Å². The smallest absolute Gasteiger partial charge is 0.319 e. The van der Waals surface area contributed by atoms with Crippen LogP contribution in [-0.4, -0.2) is 60.4 Å². The van der Waals surface area contributed by atoms with Crippen molar-refractivity contribution in [2.24, 2.45) is 0 Å². The van der Waals surface area contributed by atoms with Gasteiger partial charge in [0.1, 0.15) is 0 Å². The van der Waals surface area contributed by atoms with Crippen LogP contribution in [0.2, 0.25) is 0 Å². The van der Waals surface area contributed by atoms with Gasteiger partial charge in [-0.15, -0.1) is 0 Å². The molecule has 0 unspecified atom stereocenters. The van der Waals surface area contributed by atoms with Gasteiger partial charge in [0.05, 0.1) is 12.2 Å². The molecule has 2 saturated heterocycles. The lowest BCUT2D eigenvalue weighted by Gasteiger charge is -2.36. The average molecular weight is 382 g/mol. The van der Waals surface area contributed by atoms with Gasteiger partial charge in [-0.2, -0.15) is 23.5 Å². The van der Waals surface area contributed by atoms with Crippen molar-refractivity contribution in [1.82, 2.24) is 5.32 Å². The number of hydrogen-bond donors (Lipinski definition) is 2. The largest absolute Gasteiger partial charge is 0.372 e. The van der Waals surface area contributed by atoms with Crippen LogP contribution >= 0.6 is 23.5 Å². The number of hydrogen-bond acceptors (Lipinski definition) is 5. The second-order valence-corrected chi connectivity index (χ2v) is 9.17. The summed E-state index contributed by atoms with van der Waals surface area (Å²) in [5, 5.41) is 6.42. The molecule has 2 fully saturated rings. The van der Waals surface area contributed by atoms with E-state index in [2.05, 4.69) is 41.5 Å². The number of urea groups is 1. The number of anilines is 2. The third kappa shape index (κ3) is 5.72. The number of morpholine rings is 1. The summed E-state index contributed by atoms with van der Waals surface area (Å²) in [7, 11) is 0. The molecule has 1 aromatic carbocycles. The van der Waals surface area contributed by atoms with Crippen molar-refractivity contribution in [2.45, 2.75) is 31.3 Å². The minimum absolute atomic E-state index is 0.127. The number of ether oxygens (including phenoxy) is 1. The maximum absolute atomic E-state index is 12.1. The molecule has 2 aliphatic rings. The van der Waals surface area contributed by atoms with Gasteiger partial charge in [-0.25, -0.2) is 4.79 Å². The van der Waals surface area contributed by atoms with Crippen LogP contribution in [0.3, 0.4) is 0 Å². The first-order chi connectivity index (χ1) is 12.1. The summed E-state index contributed by atoms with van der Waals surface area (Å²) in [6.45, 7) is 6.73. The van der Waals surface area contributed by atoms with E-state index in [1.807, 2.05) is 35.7 Å². The molecule has 3 rings (SSSR count). The standard InChI is InChI=1S/C18H27N3O2S2/c1-13-10-21(11-14(2)23-13)16-5-3-15(4-6-16)20-18(22)19-9-17-12-24-7-8-25-17/h3-6,13-14,17H,7-12H2,1-2H3,(H2,19,20,22)/t13-,14-,17-/m1/s1. The molecule has 2 heterocycles. The molecule has 0 aromatic heterocycles. The number of rotatable bonds is 4. The van der Waals surface area contributed by atoms with Gasteiger partial charge in [0.2, 0.25) is 0 Å². The van der Waals surface area contributed by atoms with Crippen LogP contribution in [0.15, 0.2) is 24.3 Å². The second-order valence-electron chi connectivity index (χ2n) is 6.61. The highest BCUT2D eigenvalue weighted by molar-refractivity contribution is 8.06. The summed E-state index contributed by atoms with van der Waals surface area (Å²) >= 11 is 3.92. The molecule has 5 nitrogen and oxygen atoms in total. The molecule has 7 heteroatoms. The zero-order chi connectivity index (χ0) is 17.6. The highest BCUT2D eigenvalue weighted by Crippen LogP contribution is 2.24. The average Bonchev–Trinajstić information content (AvgIpc) is 2.61. The van der Waals surface area contributed by atoms with E-state index in [0.717, 1.165) is 31.1 Å². The molecule has 1 aromatic rings. The second kappa shape index (κ2) is 9.05. The first kappa shape index (κ1) is 18.7. The van der Waals surface area contributed by atoms with E-state index >= 15 is 0 Å². The molecule has 0 radical (unpaired) electrons. The molecule has 0 aliphatic carbocycles. The van der Waals surface area contributed by atoms with Crippen LogP contribution in [0.4, 0.5) is 16.2 Å². The number of amides is 2. The third-order valence-electron chi connectivity index (χ3n) is 4.29. The van der Waals surface area contributed by atoms with E-state index in [4.69, 9.17) is 4.74 Å². The van der Waals surface area contributed by atoms with Crippen LogP contribution in [0, 0.1) is 0 Å². The minimum atomic E-state index is -0.127. The Morgan fingerprint density at radius 1 is 1.20 bits per heavy atom. The zero-order valence-corrected chi connectivity index (χ0v) is 16.5. The predicted octanol–water partition coefficient (Wildman–Crippen LogP) is 3.27. The van der Waals surface area contributed by atoms with E-state index in [1.54, 1.807) is 0 Å². The van der Waals surface area contributed by atoms with E-state index in [1.165, 1.54) is 17.2 Å². The predicted molar refractivity (Wildman–Crippen MR) is 109 cm³/mol. The fourth-order valence-corrected chi connectivity index (χ4v) is 5.79. The number of carbonyl (C=O) groups excluding carboxylic acids is 1. The fraction of sp³-hybridized carbons (Fsp3) is 0.611. The van der Waals surface area contributed by atoms with E-state index < -0.39 is 0 Å². The summed E-state index contributed by atoms with van der Waals surface area (Å²) in [4.78, 5) is 14.4. The van der Waals surface area contributed by atoms with Gasteiger partial charge >= 0.3 is 6.03 Å². The Morgan fingerprint density at radius 3 is 2.56 bits per heavy atom. The summed E-state index contributed by atoms with van der Waals surface area (Å²) in [5.74, 6) is 3.52. The Bertz CT molecular complexity index is 554. The maximum Gasteiger partial charge on any atom is 0.319 e. The first-order valence-electron chi connectivity index (χ1n) is 8.85. The summed E-state index contributed by atoms with van der Waals surface area (Å²) in [5.41, 5.74) is 1.99. The molecular formula is C18H27N3O2S2. The van der Waals surface area contributed by atoms with Gasteiger partial charge in [0.15, 0.2) is 0 Å². The molecule has 2 aliphatic heterocycles. The molecular weight excluding hydrogens is 354 g/mol. The molecule has 2 N–H and O–H groups in total. The van der Waals surface area contributed by atoms with Crippen molar-refractivity contribution >= 4 is 40.9 Å². The van der Waals surface area contributed by atoms with Crippen LogP contribution < -0.4 is 15.5 Å². The number of nitrogens with one attached hydrogen (secondary N) is 2. The highest BCUT2D eigenvalue weighted by atomic mass is 32.2. The fourth-order valence-electron chi connectivity index (χ4n) is 3.18. The molecule has 25 heavy (non-hydrogen) atoms. The van der Waals surface area contributed by atoms with Crippen LogP contribution in [0.25, 0.3) is 0 Å². The van der Waals surface area contributed by atoms with Crippen molar-refractivity contribution in [1.29, 1.82) is 0 Å². The van der Waals surface area contributed by atoms with Gasteiger partial charge in [0, 0.05) is 53.5 Å². The van der Waals surface area contributed by atoms with Gasteiger partial charge in [-0.3, -0.25) is 0 Å². The summed E-state index contributed by atoms with van der Waals surface area (Å²) in [6, 6.07) is 7.93. The minimum Gasteiger partial charge on any atom is -0.372 e. The van der Waals surface area contributed by atoms with Gasteiger partial charge < -0.3 is 20.3 Å². The van der Waals surface area contributed by atoms with Crippen molar-refractivity contribution < 1.29 is 9.53 Å². The molecule has 0 bridgehead atoms. The lowest BCUT2D eigenvalue weighted by molar-refractivity contribution is -0.00521. The van der Waals surface area contributed by atoms with Crippen LogP contribution in [0.1, 0.15) is 13.8 Å². The van der Waals surface area contributed by atoms with E-state index in [9.17, 15) is 4.79 Å². The number of nitrogens with zero attached hydrogens (tertiary/aromatic N) is 1. The zero-order valence-electron chi connectivity index (χ0n) is 14.9. The van der Waals surface area contributed by atoms with E-state index in [-0.39, 0.29) is 18.2 Å². The lowest BCUT2D eigenvalue weighted by Crippen LogP contribution is -2.45. The Labute approximate surface area is 158 Å². The number of carbonyl (C=O) groups is 1. The molecule has 138 valence electrons. The highest BCUT2D eigenvalue weighted by Gasteiger charge is 2.22. The number of thioether (sulfide) groups is 2. The molecule has 3 atom stereocenters. The SMILES string of the molecule is C[C@@H]1CN(c2ccc(NC(=O)NC[C@@H]3CSCCS3)cc2)C[C@@H](C)O1. The van der Waals surface area contributed by atoms with Crippen LogP contribution in [-0.2, 0) is 4.74 Å². The normalized spacial score (nSPS) is 27.0. The van der Waals surface area contributed by atoms with Crippen molar-refractivity contribution in [2.75, 3.05) is 47.1 Å². The Balaban J connectivity index is 1.47. The Kier molecular flexibility index (Phi) is 6.78. The molecule has 0 saturated carbocycles. The van der Waals surface area contributed by atoms with Gasteiger partial charge in [0.25, 0.3) is 0 Å². The van der Waals surface area contributed by atoms with Crippen molar-refractivity contribution in [3.05, 3.63) is 24.3 Å². The topological polar surface area (TPSA) is 53.6 Å². The summed E-state index contributed by atoms with van der Waals surface area (Å²) < 4.78 is 5.78. The number of benzene rings is 1.